The van der Waals surface area contributed by atoms with E-state index in [-0.39, 0.29) is 5.92 Å². The Hall–Kier alpha value is -1.88. The Morgan fingerprint density at radius 2 is 2.32 bits per heavy atom. The van der Waals surface area contributed by atoms with E-state index in [1.165, 1.54) is 5.56 Å². The molecule has 0 aliphatic carbocycles. The van der Waals surface area contributed by atoms with Gasteiger partial charge in [0, 0.05) is 25.3 Å². The summed E-state index contributed by atoms with van der Waals surface area (Å²) in [5, 5.41) is 7.37. The van der Waals surface area contributed by atoms with Crippen LogP contribution >= 0.6 is 0 Å². The van der Waals surface area contributed by atoms with Crippen LogP contribution in [0, 0.1) is 0 Å². The monoisotopic (exact) mass is 259 g/mol. The Morgan fingerprint density at radius 3 is 3.21 bits per heavy atom. The van der Waals surface area contributed by atoms with Crippen molar-refractivity contribution in [3.63, 3.8) is 0 Å². The molecule has 1 aliphatic heterocycles. The van der Waals surface area contributed by atoms with E-state index in [0.29, 0.717) is 31.3 Å². The molecule has 1 atom stereocenters. The van der Waals surface area contributed by atoms with Crippen molar-refractivity contribution in [1.82, 2.24) is 10.1 Å². The fourth-order valence-corrected chi connectivity index (χ4v) is 2.32. The molecule has 0 bridgehead atoms. The number of ether oxygens (including phenoxy) is 1. The summed E-state index contributed by atoms with van der Waals surface area (Å²) in [6.45, 7) is 4.13. The van der Waals surface area contributed by atoms with Gasteiger partial charge in [-0.3, -0.25) is 0 Å². The van der Waals surface area contributed by atoms with Gasteiger partial charge in [-0.25, -0.2) is 0 Å². The molecular formula is C14H17N3O2. The Bertz CT molecular complexity index is 553. The number of nitrogens with one attached hydrogen (secondary N) is 1. The van der Waals surface area contributed by atoms with Crippen LogP contribution in [0.4, 0.5) is 5.69 Å². The van der Waals surface area contributed by atoms with Gasteiger partial charge in [-0.05, 0) is 18.6 Å². The van der Waals surface area contributed by atoms with Crippen molar-refractivity contribution in [2.45, 2.75) is 19.3 Å². The van der Waals surface area contributed by atoms with Crippen LogP contribution in [0.15, 0.2) is 28.8 Å². The first-order chi connectivity index (χ1) is 9.38. The average Bonchev–Trinajstić information content (AvgIpc) is 3.05. The maximum atomic E-state index is 5.38. The first-order valence-electron chi connectivity index (χ1n) is 6.61. The van der Waals surface area contributed by atoms with Crippen LogP contribution in [0.1, 0.15) is 30.1 Å². The van der Waals surface area contributed by atoms with Gasteiger partial charge in [0.25, 0.3) is 0 Å². The second-order valence-electron chi connectivity index (χ2n) is 4.52. The minimum Gasteiger partial charge on any atom is -0.384 e. The molecule has 3 rings (SSSR count). The molecule has 19 heavy (non-hydrogen) atoms. The molecule has 2 aromatic rings. The summed E-state index contributed by atoms with van der Waals surface area (Å²) in [6.07, 6.45) is 0.694. The topological polar surface area (TPSA) is 60.2 Å². The van der Waals surface area contributed by atoms with Crippen molar-refractivity contribution in [3.8, 4) is 0 Å². The smallest absolute Gasteiger partial charge is 0.236 e. The van der Waals surface area contributed by atoms with E-state index in [1.54, 1.807) is 0 Å². The third kappa shape index (κ3) is 2.46. The van der Waals surface area contributed by atoms with Crippen molar-refractivity contribution in [2.75, 3.05) is 25.1 Å². The van der Waals surface area contributed by atoms with Crippen LogP contribution in [-0.2, 0) is 11.2 Å². The van der Waals surface area contributed by atoms with Gasteiger partial charge in [0.1, 0.15) is 0 Å². The fraction of sp³-hybridized carbons (Fsp3) is 0.429. The average molecular weight is 259 g/mol. The van der Waals surface area contributed by atoms with Gasteiger partial charge in [0.05, 0.1) is 12.5 Å². The van der Waals surface area contributed by atoms with Gasteiger partial charge >= 0.3 is 0 Å². The molecule has 0 amide bonds. The SMILES string of the molecule is CCOCCc1noc(C2CNc3ccccc32)n1. The zero-order valence-corrected chi connectivity index (χ0v) is 10.9. The maximum Gasteiger partial charge on any atom is 0.236 e. The highest BCUT2D eigenvalue weighted by Gasteiger charge is 2.28. The number of fused-ring (bicyclic) bond motifs is 1. The van der Waals surface area contributed by atoms with E-state index < -0.39 is 0 Å². The summed E-state index contributed by atoms with van der Waals surface area (Å²) < 4.78 is 10.7. The quantitative estimate of drug-likeness (QED) is 0.834. The summed E-state index contributed by atoms with van der Waals surface area (Å²) in [7, 11) is 0. The number of nitrogens with zero attached hydrogens (tertiary/aromatic N) is 2. The summed E-state index contributed by atoms with van der Waals surface area (Å²) in [4.78, 5) is 4.47. The molecule has 1 unspecified atom stereocenters. The van der Waals surface area contributed by atoms with Gasteiger partial charge in [-0.2, -0.15) is 4.98 Å². The molecule has 0 radical (unpaired) electrons. The van der Waals surface area contributed by atoms with E-state index in [1.807, 2.05) is 19.1 Å². The van der Waals surface area contributed by atoms with E-state index in [0.717, 1.165) is 12.2 Å². The zero-order chi connectivity index (χ0) is 13.1. The van der Waals surface area contributed by atoms with Crippen molar-refractivity contribution in [2.24, 2.45) is 0 Å². The standard InChI is InChI=1S/C14H17N3O2/c1-2-18-8-7-13-16-14(19-17-13)11-9-15-12-6-4-3-5-10(11)12/h3-6,11,15H,2,7-9H2,1H3. The summed E-state index contributed by atoms with van der Waals surface area (Å²) in [6, 6.07) is 8.23. The fourth-order valence-electron chi connectivity index (χ4n) is 2.32. The lowest BCUT2D eigenvalue weighted by molar-refractivity contribution is 0.149. The van der Waals surface area contributed by atoms with Crippen LogP contribution in [0.2, 0.25) is 0 Å². The van der Waals surface area contributed by atoms with Crippen LogP contribution < -0.4 is 5.32 Å². The molecule has 1 aliphatic rings. The van der Waals surface area contributed by atoms with Crippen LogP contribution in [-0.4, -0.2) is 29.9 Å². The number of hydrogen-bond donors (Lipinski definition) is 1. The number of para-hydroxylation sites is 1. The number of aromatic nitrogens is 2. The van der Waals surface area contributed by atoms with Gasteiger partial charge in [-0.15, -0.1) is 0 Å². The van der Waals surface area contributed by atoms with Crippen molar-refractivity contribution in [1.29, 1.82) is 0 Å². The number of benzene rings is 1. The third-order valence-corrected chi connectivity index (χ3v) is 3.29. The lowest BCUT2D eigenvalue weighted by atomic mass is 10.0. The molecule has 1 aromatic heterocycles. The van der Waals surface area contributed by atoms with Gasteiger partial charge in [0.2, 0.25) is 5.89 Å². The highest BCUT2D eigenvalue weighted by atomic mass is 16.5. The molecule has 1 N–H and O–H groups in total. The molecule has 2 heterocycles. The normalized spacial score (nSPS) is 17.2. The predicted molar refractivity (Wildman–Crippen MR) is 71.3 cm³/mol. The van der Waals surface area contributed by atoms with Crippen LogP contribution in [0.3, 0.4) is 0 Å². The molecule has 0 saturated carbocycles. The highest BCUT2D eigenvalue weighted by Crippen LogP contribution is 2.34. The minimum atomic E-state index is 0.157. The molecule has 5 heteroatoms. The lowest BCUT2D eigenvalue weighted by Crippen LogP contribution is -2.05. The Balaban J connectivity index is 1.74. The number of anilines is 1. The van der Waals surface area contributed by atoms with Crippen molar-refractivity contribution in [3.05, 3.63) is 41.5 Å². The highest BCUT2D eigenvalue weighted by molar-refractivity contribution is 5.59. The molecule has 1 aromatic carbocycles. The van der Waals surface area contributed by atoms with Crippen molar-refractivity contribution < 1.29 is 9.26 Å². The molecule has 5 nitrogen and oxygen atoms in total. The first kappa shape index (κ1) is 12.2. The zero-order valence-electron chi connectivity index (χ0n) is 10.9. The van der Waals surface area contributed by atoms with E-state index in [9.17, 15) is 0 Å². The summed E-state index contributed by atoms with van der Waals surface area (Å²) >= 11 is 0. The summed E-state index contributed by atoms with van der Waals surface area (Å²) in [5.74, 6) is 1.56. The molecule has 0 spiro atoms. The van der Waals surface area contributed by atoms with Gasteiger partial charge in [-0.1, -0.05) is 23.4 Å². The van der Waals surface area contributed by atoms with Crippen LogP contribution in [0.25, 0.3) is 0 Å². The Morgan fingerprint density at radius 1 is 1.42 bits per heavy atom. The second-order valence-corrected chi connectivity index (χ2v) is 4.52. The molecule has 0 saturated heterocycles. The molecular weight excluding hydrogens is 242 g/mol. The molecule has 0 fully saturated rings. The van der Waals surface area contributed by atoms with Gasteiger partial charge < -0.3 is 14.6 Å². The number of rotatable bonds is 5. The number of hydrogen-bond acceptors (Lipinski definition) is 5. The van der Waals surface area contributed by atoms with E-state index >= 15 is 0 Å². The van der Waals surface area contributed by atoms with E-state index in [4.69, 9.17) is 9.26 Å². The Labute approximate surface area is 112 Å². The summed E-state index contributed by atoms with van der Waals surface area (Å²) in [5.41, 5.74) is 2.38. The van der Waals surface area contributed by atoms with Gasteiger partial charge in [0.15, 0.2) is 5.82 Å². The largest absolute Gasteiger partial charge is 0.384 e. The maximum absolute atomic E-state index is 5.38. The second kappa shape index (κ2) is 5.40. The molecule has 100 valence electrons. The first-order valence-corrected chi connectivity index (χ1v) is 6.61. The van der Waals surface area contributed by atoms with Crippen LogP contribution in [0.5, 0.6) is 0 Å². The van der Waals surface area contributed by atoms with Crippen molar-refractivity contribution >= 4 is 5.69 Å². The van der Waals surface area contributed by atoms with E-state index in [2.05, 4.69) is 27.6 Å². The minimum absolute atomic E-state index is 0.157. The third-order valence-electron chi connectivity index (χ3n) is 3.29. The Kier molecular flexibility index (Phi) is 3.46. The predicted octanol–water partition coefficient (Wildman–Crippen LogP) is 2.21. The lowest BCUT2D eigenvalue weighted by Gasteiger charge is -2.03.